The number of nitrogens with two attached hydrogens (primary N) is 1. The third kappa shape index (κ3) is 5.50. The van der Waals surface area contributed by atoms with Crippen molar-refractivity contribution < 1.29 is 21.9 Å². The van der Waals surface area contributed by atoms with Crippen LogP contribution >= 0.6 is 0 Å². The Kier molecular flexibility index (Phi) is 7.71. The van der Waals surface area contributed by atoms with Crippen LogP contribution < -0.4 is 11.1 Å². The fourth-order valence-corrected chi connectivity index (χ4v) is 8.45. The van der Waals surface area contributed by atoms with Gasteiger partial charge in [0, 0.05) is 31.7 Å². The number of hydrogen-bond acceptors (Lipinski definition) is 8. The first-order valence-electron chi connectivity index (χ1n) is 14.2. The number of imidazole rings is 1. The fraction of sp³-hybridized carbons (Fsp3) is 0.433. The highest BCUT2D eigenvalue weighted by molar-refractivity contribution is 7.91. The number of rotatable bonds is 6. The first-order valence-corrected chi connectivity index (χ1v) is 16.1. The van der Waals surface area contributed by atoms with Gasteiger partial charge in [-0.3, -0.25) is 4.98 Å². The van der Waals surface area contributed by atoms with Gasteiger partial charge in [-0.2, -0.15) is 9.61 Å². The molecule has 0 bridgehead atoms. The van der Waals surface area contributed by atoms with Gasteiger partial charge in [0.05, 0.1) is 40.1 Å². The Balaban J connectivity index is 1.30. The maximum Gasteiger partial charge on any atom is 0.229 e. The number of ether oxygens (including phenoxy) is 1. The lowest BCUT2D eigenvalue weighted by Gasteiger charge is -2.38. The summed E-state index contributed by atoms with van der Waals surface area (Å²) < 4.78 is 62.3. The summed E-state index contributed by atoms with van der Waals surface area (Å²) in [7, 11) is -3.28. The highest BCUT2D eigenvalue weighted by atomic mass is 32.2. The topological polar surface area (TPSA) is 124 Å². The molecule has 1 aliphatic heterocycles. The first-order chi connectivity index (χ1) is 20.1. The third-order valence-electron chi connectivity index (χ3n) is 8.63. The molecule has 0 amide bonds. The van der Waals surface area contributed by atoms with E-state index < -0.39 is 32.8 Å². The first kappa shape index (κ1) is 28.6. The zero-order chi connectivity index (χ0) is 29.6. The van der Waals surface area contributed by atoms with E-state index in [-0.39, 0.29) is 29.0 Å². The number of nitrogens with zero attached hydrogens (tertiary/aromatic N) is 4. The summed E-state index contributed by atoms with van der Waals surface area (Å²) in [5.74, 6) is -1.03. The number of nitrogens with one attached hydrogen (secondary N) is 1. The van der Waals surface area contributed by atoms with E-state index in [1.165, 1.54) is 22.9 Å². The molecule has 3 aromatic heterocycles. The summed E-state index contributed by atoms with van der Waals surface area (Å²) in [5.41, 5.74) is 9.21. The molecule has 6 rings (SSSR count). The maximum atomic E-state index is 15.3. The van der Waals surface area contributed by atoms with Crippen molar-refractivity contribution in [2.75, 3.05) is 24.8 Å². The second-order valence-electron chi connectivity index (χ2n) is 11.6. The number of anilines is 2. The number of hydrogen-bond donors (Lipinski definition) is 2. The van der Waals surface area contributed by atoms with Crippen molar-refractivity contribution in [1.29, 1.82) is 0 Å². The Morgan fingerprint density at radius 1 is 1.05 bits per heavy atom. The second kappa shape index (κ2) is 11.3. The zero-order valence-electron chi connectivity index (χ0n) is 23.5. The minimum Gasteiger partial charge on any atom is -0.381 e. The number of pyridine rings is 1. The lowest BCUT2D eigenvalue weighted by atomic mass is 9.76. The Hall–Kier alpha value is -3.48. The summed E-state index contributed by atoms with van der Waals surface area (Å²) in [5, 5.41) is 7.26. The molecule has 2 aliphatic rings. The van der Waals surface area contributed by atoms with Gasteiger partial charge in [-0.1, -0.05) is 6.92 Å². The minimum absolute atomic E-state index is 0.00526. The van der Waals surface area contributed by atoms with Gasteiger partial charge in [0.15, 0.2) is 9.84 Å². The summed E-state index contributed by atoms with van der Waals surface area (Å²) >= 11 is 0. The highest BCUT2D eigenvalue weighted by Gasteiger charge is 2.40. The van der Waals surface area contributed by atoms with Gasteiger partial charge in [0.1, 0.15) is 11.6 Å². The van der Waals surface area contributed by atoms with Gasteiger partial charge in [0.25, 0.3) is 0 Å². The molecule has 1 saturated heterocycles. The molecular weight excluding hydrogens is 562 g/mol. The molecule has 222 valence electrons. The molecular formula is C30H34F2N6O3S. The summed E-state index contributed by atoms with van der Waals surface area (Å²) in [6, 6.07) is 7.50. The fourth-order valence-electron chi connectivity index (χ4n) is 6.75. The van der Waals surface area contributed by atoms with Crippen LogP contribution in [0, 0.1) is 17.6 Å². The van der Waals surface area contributed by atoms with Gasteiger partial charge in [-0.15, -0.1) is 0 Å². The quantitative estimate of drug-likeness (QED) is 0.320. The molecule has 1 aromatic carbocycles. The summed E-state index contributed by atoms with van der Waals surface area (Å²) in [6.07, 6.45) is 8.84. The molecule has 42 heavy (non-hydrogen) atoms. The normalized spacial score (nSPS) is 23.7. The second-order valence-corrected chi connectivity index (χ2v) is 13.8. The van der Waals surface area contributed by atoms with E-state index >= 15 is 8.78 Å². The van der Waals surface area contributed by atoms with Crippen molar-refractivity contribution in [2.45, 2.75) is 55.7 Å². The number of fused-ring (bicyclic) bond motifs is 1. The van der Waals surface area contributed by atoms with Crippen LogP contribution in [0.4, 0.5) is 20.4 Å². The van der Waals surface area contributed by atoms with E-state index in [1.807, 2.05) is 13.0 Å². The number of benzene rings is 1. The van der Waals surface area contributed by atoms with Crippen LogP contribution in [0.3, 0.4) is 0 Å². The van der Waals surface area contributed by atoms with Crippen molar-refractivity contribution in [2.24, 2.45) is 11.7 Å². The molecule has 9 nitrogen and oxygen atoms in total. The van der Waals surface area contributed by atoms with Gasteiger partial charge < -0.3 is 15.8 Å². The van der Waals surface area contributed by atoms with Crippen LogP contribution in [0.2, 0.25) is 0 Å². The number of halogens is 2. The molecule has 3 N–H and O–H groups in total. The van der Waals surface area contributed by atoms with Gasteiger partial charge in [-0.05, 0) is 84.9 Å². The van der Waals surface area contributed by atoms with E-state index in [9.17, 15) is 8.42 Å². The van der Waals surface area contributed by atoms with Crippen LogP contribution in [-0.4, -0.2) is 58.8 Å². The summed E-state index contributed by atoms with van der Waals surface area (Å²) in [4.78, 5) is 8.74. The molecule has 0 unspecified atom stereocenters. The Bertz CT molecular complexity index is 1690. The molecule has 2 fully saturated rings. The monoisotopic (exact) mass is 596 g/mol. The molecule has 4 aromatic rings. The predicted octanol–water partition coefficient (Wildman–Crippen LogP) is 4.96. The Morgan fingerprint density at radius 2 is 1.79 bits per heavy atom. The van der Waals surface area contributed by atoms with E-state index in [2.05, 4.69) is 20.4 Å². The van der Waals surface area contributed by atoms with Crippen LogP contribution in [0.25, 0.3) is 16.8 Å². The van der Waals surface area contributed by atoms with Gasteiger partial charge in [-0.25, -0.2) is 22.2 Å². The van der Waals surface area contributed by atoms with Crippen molar-refractivity contribution in [3.05, 3.63) is 71.7 Å². The largest absolute Gasteiger partial charge is 0.381 e. The predicted molar refractivity (Wildman–Crippen MR) is 156 cm³/mol. The highest BCUT2D eigenvalue weighted by Crippen LogP contribution is 2.41. The average Bonchev–Trinajstić information content (AvgIpc) is 3.34. The molecule has 0 spiro atoms. The zero-order valence-corrected chi connectivity index (χ0v) is 24.3. The van der Waals surface area contributed by atoms with Crippen molar-refractivity contribution in [3.8, 4) is 11.3 Å². The van der Waals surface area contributed by atoms with E-state index in [0.29, 0.717) is 48.8 Å². The summed E-state index contributed by atoms with van der Waals surface area (Å²) in [6.45, 7) is 3.08. The van der Waals surface area contributed by atoms with Crippen LogP contribution in [-0.2, 0) is 14.6 Å². The Morgan fingerprint density at radius 3 is 2.48 bits per heavy atom. The minimum atomic E-state index is -3.28. The van der Waals surface area contributed by atoms with Gasteiger partial charge >= 0.3 is 0 Å². The standard InChI is InChI=1S/C30H34F2N6O3S/c1-17-11-20(14-25(33)29(17)42(2,39)40)22-5-8-34-16-27(22)36-30-35-15-21-3-4-26(37-38(21)30)28-23(31)12-19(13-24(28)32)18-6-9-41-10-7-18/h3-5,8,12-13,15-18,20,25,29H,6-7,9-11,14,33H2,1-2H3,(H,35,36)/t17-,20+,25+,29+/m0/s1. The molecule has 4 heterocycles. The molecule has 1 saturated carbocycles. The lowest BCUT2D eigenvalue weighted by Crippen LogP contribution is -2.48. The SMILES string of the molecule is C[C@H]1C[C@@H](c2ccncc2Nc2ncc3ccc(-c4c(F)cc(C5CCOCC5)cc4F)nn23)C[C@@H](N)[C@@H]1S(C)(=O)=O. The number of aromatic nitrogens is 4. The lowest BCUT2D eigenvalue weighted by molar-refractivity contribution is 0.0852. The van der Waals surface area contributed by atoms with Gasteiger partial charge in [0.2, 0.25) is 5.95 Å². The van der Waals surface area contributed by atoms with E-state index in [4.69, 9.17) is 10.5 Å². The molecule has 12 heteroatoms. The van der Waals surface area contributed by atoms with Crippen LogP contribution in [0.5, 0.6) is 0 Å². The molecule has 0 radical (unpaired) electrons. The average molecular weight is 597 g/mol. The molecule has 1 aliphatic carbocycles. The maximum absolute atomic E-state index is 15.3. The molecule has 4 atom stereocenters. The number of sulfone groups is 1. The Labute approximate surface area is 243 Å². The third-order valence-corrected chi connectivity index (χ3v) is 10.4. The van der Waals surface area contributed by atoms with Crippen molar-refractivity contribution in [3.63, 3.8) is 0 Å². The van der Waals surface area contributed by atoms with E-state index in [0.717, 1.165) is 18.4 Å². The van der Waals surface area contributed by atoms with Crippen molar-refractivity contribution in [1.82, 2.24) is 19.6 Å². The van der Waals surface area contributed by atoms with E-state index in [1.54, 1.807) is 30.7 Å². The van der Waals surface area contributed by atoms with Crippen LogP contribution in [0.1, 0.15) is 55.6 Å². The van der Waals surface area contributed by atoms with Crippen molar-refractivity contribution >= 4 is 27.0 Å². The van der Waals surface area contributed by atoms with Crippen LogP contribution in [0.15, 0.2) is 48.9 Å². The smallest absolute Gasteiger partial charge is 0.229 e.